The van der Waals surface area contributed by atoms with Crippen LogP contribution in [0.4, 0.5) is 10.3 Å². The highest BCUT2D eigenvalue weighted by molar-refractivity contribution is 5.95. The maximum atomic E-state index is 14.2. The van der Waals surface area contributed by atoms with Crippen LogP contribution in [0.25, 0.3) is 10.9 Å². The number of nitrogen functional groups attached to an aromatic ring is 1. The lowest BCUT2D eigenvalue weighted by atomic mass is 9.77. The highest BCUT2D eigenvalue weighted by Crippen LogP contribution is 2.44. The van der Waals surface area contributed by atoms with Crippen molar-refractivity contribution in [3.05, 3.63) is 63.5 Å². The molecule has 1 atom stereocenters. The summed E-state index contributed by atoms with van der Waals surface area (Å²) in [5, 5.41) is 0.230. The zero-order valence-corrected chi connectivity index (χ0v) is 15.7. The Morgan fingerprint density at radius 1 is 1.31 bits per heavy atom. The molecule has 7 nitrogen and oxygen atoms in total. The fourth-order valence-electron chi connectivity index (χ4n) is 4.78. The van der Waals surface area contributed by atoms with E-state index in [0.29, 0.717) is 13.1 Å². The van der Waals surface area contributed by atoms with Crippen LogP contribution in [0.5, 0.6) is 0 Å². The van der Waals surface area contributed by atoms with Crippen LogP contribution in [0.2, 0.25) is 0 Å². The molecule has 8 heteroatoms. The molecule has 2 aromatic heterocycles. The molecule has 0 bridgehead atoms. The summed E-state index contributed by atoms with van der Waals surface area (Å²) in [5.41, 5.74) is 7.36. The molecule has 1 spiro atoms. The number of anilines is 1. The SMILES string of the molecule is Nc1ncc2c(n1)C1(CCCN(C(=O)c3cc(=O)c4cccc(F)c4[nH]3)C1)CC2. The van der Waals surface area contributed by atoms with Crippen LogP contribution in [0.1, 0.15) is 41.0 Å². The van der Waals surface area contributed by atoms with Crippen molar-refractivity contribution in [2.24, 2.45) is 0 Å². The molecule has 1 saturated heterocycles. The third-order valence-electron chi connectivity index (χ3n) is 6.17. The number of fused-ring (bicyclic) bond motifs is 3. The number of rotatable bonds is 1. The molecule has 1 fully saturated rings. The molecule has 1 aliphatic heterocycles. The number of hydrogen-bond donors (Lipinski definition) is 2. The molecule has 0 saturated carbocycles. The van der Waals surface area contributed by atoms with Gasteiger partial charge in [-0.15, -0.1) is 0 Å². The van der Waals surface area contributed by atoms with Crippen molar-refractivity contribution in [3.63, 3.8) is 0 Å². The second kappa shape index (κ2) is 6.37. The molecule has 3 aromatic rings. The van der Waals surface area contributed by atoms with Crippen molar-refractivity contribution in [2.45, 2.75) is 31.1 Å². The summed E-state index contributed by atoms with van der Waals surface area (Å²) in [6.45, 7) is 1.07. The standard InChI is InChI=1S/C21H20FN5O2/c22-14-4-1-3-13-16(28)9-15(25-17(13)14)19(29)27-8-2-6-21(11-27)7-5-12-10-24-20(23)26-18(12)21/h1,3-4,9-10H,2,5-8,11H2,(H,25,28)(H2,23,24,26). The van der Waals surface area contributed by atoms with Crippen LogP contribution in [0, 0.1) is 5.82 Å². The number of halogens is 1. The van der Waals surface area contributed by atoms with Gasteiger partial charge in [-0.2, -0.15) is 0 Å². The van der Waals surface area contributed by atoms with E-state index in [9.17, 15) is 14.0 Å². The molecule has 29 heavy (non-hydrogen) atoms. The minimum atomic E-state index is -0.554. The van der Waals surface area contributed by atoms with E-state index in [1.807, 2.05) is 0 Å². The van der Waals surface area contributed by atoms with E-state index in [2.05, 4.69) is 15.0 Å². The lowest BCUT2D eigenvalue weighted by Gasteiger charge is -2.40. The van der Waals surface area contributed by atoms with Crippen molar-refractivity contribution in [3.8, 4) is 0 Å². The Labute approximate surface area is 165 Å². The predicted molar refractivity (Wildman–Crippen MR) is 106 cm³/mol. The first-order valence-electron chi connectivity index (χ1n) is 9.70. The third-order valence-corrected chi connectivity index (χ3v) is 6.17. The Hall–Kier alpha value is -3.29. The number of amides is 1. The summed E-state index contributed by atoms with van der Waals surface area (Å²) in [6, 6.07) is 5.55. The molecule has 3 heterocycles. The lowest BCUT2D eigenvalue weighted by molar-refractivity contribution is 0.0628. The third kappa shape index (κ3) is 2.78. The summed E-state index contributed by atoms with van der Waals surface area (Å²) in [4.78, 5) is 38.7. The van der Waals surface area contributed by atoms with Gasteiger partial charge < -0.3 is 15.6 Å². The van der Waals surface area contributed by atoms with E-state index >= 15 is 0 Å². The normalized spacial score (nSPS) is 20.9. The number of H-pyrrole nitrogens is 1. The molecular formula is C21H20FN5O2. The number of aryl methyl sites for hydroxylation is 1. The Balaban J connectivity index is 1.51. The van der Waals surface area contributed by atoms with E-state index in [1.165, 1.54) is 18.2 Å². The summed E-state index contributed by atoms with van der Waals surface area (Å²) < 4.78 is 14.2. The lowest BCUT2D eigenvalue weighted by Crippen LogP contribution is -2.48. The van der Waals surface area contributed by atoms with Gasteiger partial charge in [-0.05, 0) is 43.4 Å². The van der Waals surface area contributed by atoms with Crippen molar-refractivity contribution >= 4 is 22.8 Å². The zero-order chi connectivity index (χ0) is 20.2. The fraction of sp³-hybridized carbons (Fsp3) is 0.333. The topological polar surface area (TPSA) is 105 Å². The van der Waals surface area contributed by atoms with E-state index in [4.69, 9.17) is 5.73 Å². The first-order chi connectivity index (χ1) is 14.0. The number of aromatic nitrogens is 3. The van der Waals surface area contributed by atoms with Gasteiger partial charge in [0.2, 0.25) is 5.95 Å². The van der Waals surface area contributed by atoms with Gasteiger partial charge in [0.05, 0.1) is 11.2 Å². The van der Waals surface area contributed by atoms with Crippen molar-refractivity contribution in [2.75, 3.05) is 18.8 Å². The smallest absolute Gasteiger partial charge is 0.270 e. The maximum absolute atomic E-state index is 14.2. The van der Waals surface area contributed by atoms with Gasteiger partial charge in [-0.3, -0.25) is 9.59 Å². The van der Waals surface area contributed by atoms with E-state index in [-0.39, 0.29) is 39.3 Å². The molecule has 0 radical (unpaired) electrons. The van der Waals surface area contributed by atoms with Gasteiger partial charge in [0.1, 0.15) is 11.5 Å². The second-order valence-electron chi connectivity index (χ2n) is 7.92. The number of piperidine rings is 1. The summed E-state index contributed by atoms with van der Waals surface area (Å²) in [6.07, 6.45) is 5.25. The quantitative estimate of drug-likeness (QED) is 0.659. The monoisotopic (exact) mass is 393 g/mol. The molecule has 3 N–H and O–H groups in total. The van der Waals surface area contributed by atoms with Crippen molar-refractivity contribution < 1.29 is 9.18 Å². The number of para-hydroxylation sites is 1. The van der Waals surface area contributed by atoms with Gasteiger partial charge in [-0.25, -0.2) is 14.4 Å². The zero-order valence-electron chi connectivity index (χ0n) is 15.7. The average Bonchev–Trinajstić information content (AvgIpc) is 3.05. The maximum Gasteiger partial charge on any atom is 0.270 e. The number of nitrogens with one attached hydrogen (secondary N) is 1. The molecule has 5 rings (SSSR count). The van der Waals surface area contributed by atoms with Crippen molar-refractivity contribution in [1.29, 1.82) is 0 Å². The van der Waals surface area contributed by atoms with Gasteiger partial charge in [0, 0.05) is 36.2 Å². The molecular weight excluding hydrogens is 373 g/mol. The Morgan fingerprint density at radius 3 is 3.03 bits per heavy atom. The largest absolute Gasteiger partial charge is 0.368 e. The number of nitrogens with two attached hydrogens (primary N) is 1. The number of nitrogens with zero attached hydrogens (tertiary/aromatic N) is 3. The number of benzene rings is 1. The molecule has 1 unspecified atom stereocenters. The van der Waals surface area contributed by atoms with E-state index < -0.39 is 5.82 Å². The number of likely N-dealkylation sites (tertiary alicyclic amines) is 1. The van der Waals surface area contributed by atoms with Crippen LogP contribution in [0.3, 0.4) is 0 Å². The van der Waals surface area contributed by atoms with Gasteiger partial charge in [0.25, 0.3) is 5.91 Å². The van der Waals surface area contributed by atoms with Gasteiger partial charge >= 0.3 is 0 Å². The molecule has 1 aromatic carbocycles. The number of carbonyl (C=O) groups excluding carboxylic acids is 1. The van der Waals surface area contributed by atoms with Crippen LogP contribution in [0.15, 0.2) is 35.3 Å². The van der Waals surface area contributed by atoms with Crippen LogP contribution in [-0.4, -0.2) is 38.8 Å². The predicted octanol–water partition coefficient (Wildman–Crippen LogP) is 2.16. The van der Waals surface area contributed by atoms with Crippen LogP contribution in [-0.2, 0) is 11.8 Å². The first-order valence-corrected chi connectivity index (χ1v) is 9.70. The van der Waals surface area contributed by atoms with E-state index in [0.717, 1.165) is 36.9 Å². The van der Waals surface area contributed by atoms with Crippen molar-refractivity contribution in [1.82, 2.24) is 19.9 Å². The number of pyridine rings is 1. The molecule has 1 aliphatic carbocycles. The van der Waals surface area contributed by atoms with Gasteiger partial charge in [-0.1, -0.05) is 6.07 Å². The summed E-state index contributed by atoms with van der Waals surface area (Å²) in [5.74, 6) is -0.620. The molecule has 1 amide bonds. The van der Waals surface area contributed by atoms with E-state index in [1.54, 1.807) is 17.2 Å². The second-order valence-corrected chi connectivity index (χ2v) is 7.92. The fourth-order valence-corrected chi connectivity index (χ4v) is 4.78. The highest BCUT2D eigenvalue weighted by Gasteiger charge is 2.45. The van der Waals surface area contributed by atoms with Gasteiger partial charge in [0.15, 0.2) is 5.43 Å². The van der Waals surface area contributed by atoms with Crippen LogP contribution < -0.4 is 11.2 Å². The highest BCUT2D eigenvalue weighted by atomic mass is 19.1. The minimum Gasteiger partial charge on any atom is -0.368 e. The Morgan fingerprint density at radius 2 is 2.17 bits per heavy atom. The number of hydrogen-bond acceptors (Lipinski definition) is 5. The average molecular weight is 393 g/mol. The first kappa shape index (κ1) is 17.8. The number of carbonyl (C=O) groups is 1. The summed E-state index contributed by atoms with van der Waals surface area (Å²) in [7, 11) is 0. The Kier molecular flexibility index (Phi) is 3.90. The number of aromatic amines is 1. The minimum absolute atomic E-state index is 0.0572. The molecule has 148 valence electrons. The summed E-state index contributed by atoms with van der Waals surface area (Å²) >= 11 is 0. The van der Waals surface area contributed by atoms with Crippen LogP contribution >= 0.6 is 0 Å². The Bertz CT molecular complexity index is 1200. The molecule has 2 aliphatic rings.